The molecule has 138 valence electrons. The normalized spacial score (nSPS) is 11.8. The zero-order chi connectivity index (χ0) is 19.4. The van der Waals surface area contributed by atoms with Gasteiger partial charge in [0.25, 0.3) is 5.22 Å². The lowest BCUT2D eigenvalue weighted by atomic mass is 10.1. The Morgan fingerprint density at radius 2 is 1.81 bits per heavy atom. The van der Waals surface area contributed by atoms with E-state index in [-0.39, 0.29) is 11.7 Å². The SMILES string of the molecule is CC(=O)c1ccc(NC(=O)C(C)Sc2nnc(-c3ccccc3Br)o2)cc1. The van der Waals surface area contributed by atoms with Gasteiger partial charge >= 0.3 is 0 Å². The lowest BCUT2D eigenvalue weighted by Gasteiger charge is -2.10. The lowest BCUT2D eigenvalue weighted by Crippen LogP contribution is -2.22. The number of carbonyl (C=O) groups excluding carboxylic acids is 2. The van der Waals surface area contributed by atoms with Gasteiger partial charge in [0.15, 0.2) is 5.78 Å². The number of anilines is 1. The van der Waals surface area contributed by atoms with Crippen molar-refractivity contribution in [3.05, 3.63) is 58.6 Å². The molecule has 3 rings (SSSR count). The highest BCUT2D eigenvalue weighted by molar-refractivity contribution is 9.10. The summed E-state index contributed by atoms with van der Waals surface area (Å²) in [6.07, 6.45) is 0. The number of rotatable bonds is 6. The lowest BCUT2D eigenvalue weighted by molar-refractivity contribution is -0.115. The summed E-state index contributed by atoms with van der Waals surface area (Å²) >= 11 is 4.63. The Balaban J connectivity index is 1.63. The molecule has 1 unspecified atom stereocenters. The van der Waals surface area contributed by atoms with Crippen LogP contribution in [-0.4, -0.2) is 27.1 Å². The van der Waals surface area contributed by atoms with Gasteiger partial charge in [-0.3, -0.25) is 9.59 Å². The van der Waals surface area contributed by atoms with Crippen molar-refractivity contribution >= 4 is 45.1 Å². The monoisotopic (exact) mass is 445 g/mol. The molecule has 27 heavy (non-hydrogen) atoms. The van der Waals surface area contributed by atoms with Crippen molar-refractivity contribution in [1.82, 2.24) is 10.2 Å². The van der Waals surface area contributed by atoms with Gasteiger partial charge in [-0.15, -0.1) is 10.2 Å². The van der Waals surface area contributed by atoms with Crippen LogP contribution in [0.2, 0.25) is 0 Å². The van der Waals surface area contributed by atoms with Crippen molar-refractivity contribution in [2.24, 2.45) is 0 Å². The molecule has 3 aromatic rings. The fraction of sp³-hybridized carbons (Fsp3) is 0.158. The number of thioether (sulfide) groups is 1. The maximum Gasteiger partial charge on any atom is 0.277 e. The second-order valence-corrected chi connectivity index (χ2v) is 7.88. The number of hydrogen-bond donors (Lipinski definition) is 1. The third kappa shape index (κ3) is 4.84. The molecule has 1 heterocycles. The largest absolute Gasteiger partial charge is 0.411 e. The summed E-state index contributed by atoms with van der Waals surface area (Å²) in [6.45, 7) is 3.26. The first kappa shape index (κ1) is 19.3. The van der Waals surface area contributed by atoms with Crippen LogP contribution in [0.25, 0.3) is 11.5 Å². The Bertz CT molecular complexity index is 972. The number of amides is 1. The van der Waals surface area contributed by atoms with Crippen molar-refractivity contribution in [2.45, 2.75) is 24.3 Å². The van der Waals surface area contributed by atoms with E-state index in [1.807, 2.05) is 24.3 Å². The molecule has 1 amide bonds. The van der Waals surface area contributed by atoms with Crippen LogP contribution in [0.15, 0.2) is 62.6 Å². The molecule has 1 atom stereocenters. The number of ketones is 1. The van der Waals surface area contributed by atoms with Gasteiger partial charge < -0.3 is 9.73 Å². The van der Waals surface area contributed by atoms with E-state index in [0.717, 1.165) is 10.0 Å². The van der Waals surface area contributed by atoms with Crippen LogP contribution in [0.4, 0.5) is 5.69 Å². The van der Waals surface area contributed by atoms with Crippen LogP contribution in [0.1, 0.15) is 24.2 Å². The molecule has 0 aliphatic carbocycles. The summed E-state index contributed by atoms with van der Waals surface area (Å²) in [7, 11) is 0. The van der Waals surface area contributed by atoms with E-state index in [9.17, 15) is 9.59 Å². The van der Waals surface area contributed by atoms with Crippen LogP contribution < -0.4 is 5.32 Å². The topological polar surface area (TPSA) is 85.1 Å². The Labute approximate surface area is 168 Å². The van der Waals surface area contributed by atoms with Gasteiger partial charge in [-0.05, 0) is 66.2 Å². The molecular formula is C19H16BrN3O3S. The van der Waals surface area contributed by atoms with E-state index < -0.39 is 5.25 Å². The first-order chi connectivity index (χ1) is 12.9. The first-order valence-electron chi connectivity index (χ1n) is 8.11. The van der Waals surface area contributed by atoms with Crippen LogP contribution in [0.5, 0.6) is 0 Å². The highest BCUT2D eigenvalue weighted by Crippen LogP contribution is 2.30. The van der Waals surface area contributed by atoms with Gasteiger partial charge in [0.2, 0.25) is 11.8 Å². The Morgan fingerprint density at radius 1 is 1.11 bits per heavy atom. The van der Waals surface area contributed by atoms with E-state index in [4.69, 9.17) is 4.42 Å². The van der Waals surface area contributed by atoms with Crippen molar-refractivity contribution in [2.75, 3.05) is 5.32 Å². The third-order valence-electron chi connectivity index (χ3n) is 3.72. The summed E-state index contributed by atoms with van der Waals surface area (Å²) in [5, 5.41) is 10.7. The van der Waals surface area contributed by atoms with Crippen LogP contribution in [-0.2, 0) is 4.79 Å². The van der Waals surface area contributed by atoms with Gasteiger partial charge in [-0.25, -0.2) is 0 Å². The Morgan fingerprint density at radius 3 is 2.48 bits per heavy atom. The third-order valence-corrected chi connectivity index (χ3v) is 5.34. The quantitative estimate of drug-likeness (QED) is 0.432. The smallest absolute Gasteiger partial charge is 0.277 e. The van der Waals surface area contributed by atoms with E-state index in [0.29, 0.717) is 22.4 Å². The predicted octanol–water partition coefficient (Wildman–Crippen LogP) is 4.82. The molecule has 0 saturated heterocycles. The highest BCUT2D eigenvalue weighted by atomic mass is 79.9. The molecule has 0 aliphatic heterocycles. The molecule has 0 spiro atoms. The fourth-order valence-electron chi connectivity index (χ4n) is 2.24. The van der Waals surface area contributed by atoms with Gasteiger partial charge in [0.05, 0.1) is 10.8 Å². The standard InChI is InChI=1S/C19H16BrN3O3S/c1-11(24)13-7-9-14(10-8-13)21-17(25)12(2)27-19-23-22-18(26-19)15-5-3-4-6-16(15)20/h3-10,12H,1-2H3,(H,21,25). The second-order valence-electron chi connectivity index (χ2n) is 5.74. The number of halogens is 1. The molecule has 0 bridgehead atoms. The van der Waals surface area contributed by atoms with Crippen LogP contribution in [0.3, 0.4) is 0 Å². The minimum absolute atomic E-state index is 0.0194. The molecule has 0 saturated carbocycles. The number of carbonyl (C=O) groups is 2. The number of Topliss-reactive ketones (excluding diaryl/α,β-unsaturated/α-hetero) is 1. The minimum Gasteiger partial charge on any atom is -0.411 e. The van der Waals surface area contributed by atoms with E-state index >= 15 is 0 Å². The summed E-state index contributed by atoms with van der Waals surface area (Å²) in [6, 6.07) is 14.3. The average molecular weight is 446 g/mol. The van der Waals surface area contributed by atoms with Gasteiger partial charge in [-0.1, -0.05) is 23.9 Å². The number of nitrogens with zero attached hydrogens (tertiary/aromatic N) is 2. The number of hydrogen-bond acceptors (Lipinski definition) is 6. The van der Waals surface area contributed by atoms with Crippen molar-refractivity contribution in [1.29, 1.82) is 0 Å². The second kappa shape index (κ2) is 8.49. The fourth-order valence-corrected chi connectivity index (χ4v) is 3.38. The van der Waals surface area contributed by atoms with Gasteiger partial charge in [0, 0.05) is 15.7 Å². The van der Waals surface area contributed by atoms with Crippen molar-refractivity contribution in [3.8, 4) is 11.5 Å². The number of nitrogens with one attached hydrogen (secondary N) is 1. The molecule has 8 heteroatoms. The van der Waals surface area contributed by atoms with Gasteiger partial charge in [-0.2, -0.15) is 0 Å². The van der Waals surface area contributed by atoms with Crippen molar-refractivity contribution in [3.63, 3.8) is 0 Å². The minimum atomic E-state index is -0.440. The van der Waals surface area contributed by atoms with Crippen molar-refractivity contribution < 1.29 is 14.0 Å². The molecular weight excluding hydrogens is 430 g/mol. The number of aromatic nitrogens is 2. The molecule has 2 aromatic carbocycles. The Kier molecular flexibility index (Phi) is 6.08. The highest BCUT2D eigenvalue weighted by Gasteiger charge is 2.19. The maximum absolute atomic E-state index is 12.4. The van der Waals surface area contributed by atoms with Crippen LogP contribution >= 0.6 is 27.7 Å². The molecule has 0 aliphatic rings. The van der Waals surface area contributed by atoms with Crippen LogP contribution in [0, 0.1) is 0 Å². The molecule has 1 N–H and O–H groups in total. The Hall–Kier alpha value is -2.45. The summed E-state index contributed by atoms with van der Waals surface area (Å²) in [5.41, 5.74) is 2.01. The predicted molar refractivity (Wildman–Crippen MR) is 108 cm³/mol. The number of benzene rings is 2. The summed E-state index contributed by atoms with van der Waals surface area (Å²) in [4.78, 5) is 23.7. The van der Waals surface area contributed by atoms with E-state index in [1.54, 1.807) is 31.2 Å². The first-order valence-corrected chi connectivity index (χ1v) is 9.78. The molecule has 0 radical (unpaired) electrons. The zero-order valence-corrected chi connectivity index (χ0v) is 17.0. The van der Waals surface area contributed by atoms with Gasteiger partial charge in [0.1, 0.15) is 0 Å². The molecule has 0 fully saturated rings. The summed E-state index contributed by atoms with van der Waals surface area (Å²) in [5.74, 6) is 0.169. The molecule has 1 aromatic heterocycles. The van der Waals surface area contributed by atoms with E-state index in [2.05, 4.69) is 31.4 Å². The zero-order valence-electron chi connectivity index (χ0n) is 14.6. The van der Waals surface area contributed by atoms with E-state index in [1.165, 1.54) is 18.7 Å². The maximum atomic E-state index is 12.4. The average Bonchev–Trinajstić information content (AvgIpc) is 3.10. The molecule has 6 nitrogen and oxygen atoms in total. The summed E-state index contributed by atoms with van der Waals surface area (Å²) < 4.78 is 6.51.